The fourth-order valence-corrected chi connectivity index (χ4v) is 1.93. The van der Waals surface area contributed by atoms with E-state index < -0.39 is 0 Å². The maximum atomic E-state index is 5.85. The summed E-state index contributed by atoms with van der Waals surface area (Å²) in [6, 6.07) is 14.3. The van der Waals surface area contributed by atoms with E-state index >= 15 is 0 Å². The number of rotatable bonds is 1. The highest BCUT2D eigenvalue weighted by atomic mass is 15.3. The summed E-state index contributed by atoms with van der Waals surface area (Å²) in [6.45, 7) is 0. The second kappa shape index (κ2) is 3.52. The first-order chi connectivity index (χ1) is 8.25. The maximum Gasteiger partial charge on any atom is 0.150 e. The zero-order valence-corrected chi connectivity index (χ0v) is 9.17. The van der Waals surface area contributed by atoms with Crippen molar-refractivity contribution in [2.24, 2.45) is 0 Å². The summed E-state index contributed by atoms with van der Waals surface area (Å²) in [4.78, 5) is 4.21. The second-order valence-electron chi connectivity index (χ2n) is 3.95. The molecule has 0 bridgehead atoms. The largest absolute Gasteiger partial charge is 0.382 e. The first kappa shape index (κ1) is 9.72. The van der Waals surface area contributed by atoms with Gasteiger partial charge in [0, 0.05) is 5.56 Å². The average molecular weight is 224 g/mol. The maximum absolute atomic E-state index is 5.85. The number of aromatic nitrogens is 2. The first-order valence-corrected chi connectivity index (χ1v) is 5.33. The van der Waals surface area contributed by atoms with E-state index in [9.17, 15) is 0 Å². The van der Waals surface area contributed by atoms with Crippen molar-refractivity contribution in [3.63, 3.8) is 0 Å². The fraction of sp³-hybridized carbons (Fsp3) is 0. The number of nitrogens with zero attached hydrogens (tertiary/aromatic N) is 2. The molecule has 4 heteroatoms. The van der Waals surface area contributed by atoms with E-state index in [2.05, 4.69) is 29.2 Å². The number of hydrogen-bond acceptors (Lipinski definition) is 3. The number of nitrogen functional groups attached to an aromatic ring is 2. The van der Waals surface area contributed by atoms with Gasteiger partial charge in [-0.2, -0.15) is 0 Å². The summed E-state index contributed by atoms with van der Waals surface area (Å²) >= 11 is 0. The Kier molecular flexibility index (Phi) is 2.01. The zero-order chi connectivity index (χ0) is 11.8. The molecule has 1 aromatic heterocycles. The summed E-state index contributed by atoms with van der Waals surface area (Å²) in [5.41, 5.74) is 7.55. The number of fused-ring (bicyclic) bond motifs is 1. The van der Waals surface area contributed by atoms with E-state index in [1.807, 2.05) is 18.2 Å². The molecule has 0 fully saturated rings. The van der Waals surface area contributed by atoms with Crippen molar-refractivity contribution in [1.29, 1.82) is 0 Å². The highest BCUT2D eigenvalue weighted by molar-refractivity contribution is 5.88. The lowest BCUT2D eigenvalue weighted by Crippen LogP contribution is -2.09. The minimum absolute atomic E-state index is 0.472. The fourth-order valence-electron chi connectivity index (χ4n) is 1.93. The van der Waals surface area contributed by atoms with Crippen LogP contribution in [0.4, 0.5) is 5.82 Å². The molecule has 0 amide bonds. The molecule has 4 nitrogen and oxygen atoms in total. The van der Waals surface area contributed by atoms with Crippen LogP contribution in [0.15, 0.2) is 48.8 Å². The molecule has 2 aromatic carbocycles. The van der Waals surface area contributed by atoms with Crippen LogP contribution in [0.1, 0.15) is 0 Å². The molecule has 0 radical (unpaired) electrons. The molecule has 4 N–H and O–H groups in total. The molecule has 0 unspecified atom stereocenters. The van der Waals surface area contributed by atoms with Crippen LogP contribution < -0.4 is 11.6 Å². The van der Waals surface area contributed by atoms with Crippen LogP contribution in [0, 0.1) is 0 Å². The first-order valence-electron chi connectivity index (χ1n) is 5.33. The van der Waals surface area contributed by atoms with Gasteiger partial charge in [-0.25, -0.2) is 9.66 Å². The summed E-state index contributed by atoms with van der Waals surface area (Å²) < 4.78 is 1.32. The van der Waals surface area contributed by atoms with E-state index in [4.69, 9.17) is 11.6 Å². The topological polar surface area (TPSA) is 69.9 Å². The molecule has 84 valence electrons. The Hall–Kier alpha value is -2.49. The van der Waals surface area contributed by atoms with Crippen LogP contribution in [0.3, 0.4) is 0 Å². The van der Waals surface area contributed by atoms with Gasteiger partial charge in [-0.1, -0.05) is 36.4 Å². The highest BCUT2D eigenvalue weighted by Crippen LogP contribution is 2.26. The van der Waals surface area contributed by atoms with Crippen molar-refractivity contribution >= 4 is 16.6 Å². The molecular weight excluding hydrogens is 212 g/mol. The van der Waals surface area contributed by atoms with E-state index in [0.717, 1.165) is 16.6 Å². The molecule has 0 aliphatic heterocycles. The number of anilines is 1. The molecule has 3 aromatic rings. The predicted molar refractivity (Wildman–Crippen MR) is 69.7 cm³/mol. The molecule has 1 heterocycles. The molecule has 0 saturated carbocycles. The molecule has 17 heavy (non-hydrogen) atoms. The number of hydrogen-bond donors (Lipinski definition) is 2. The molecular formula is C13H12N4. The van der Waals surface area contributed by atoms with Crippen molar-refractivity contribution in [2.45, 2.75) is 0 Å². The van der Waals surface area contributed by atoms with Gasteiger partial charge in [-0.3, -0.25) is 0 Å². The Morgan fingerprint density at radius 1 is 1.00 bits per heavy atom. The third-order valence-corrected chi connectivity index (χ3v) is 2.85. The Morgan fingerprint density at radius 3 is 2.47 bits per heavy atom. The average Bonchev–Trinajstić information content (AvgIpc) is 2.70. The van der Waals surface area contributed by atoms with E-state index in [-0.39, 0.29) is 0 Å². The van der Waals surface area contributed by atoms with Crippen LogP contribution in [0.5, 0.6) is 0 Å². The molecule has 0 spiro atoms. The number of nitrogens with two attached hydrogens (primary N) is 2. The van der Waals surface area contributed by atoms with Gasteiger partial charge in [0.25, 0.3) is 0 Å². The summed E-state index contributed by atoms with van der Waals surface area (Å²) in [7, 11) is 0. The van der Waals surface area contributed by atoms with Gasteiger partial charge in [0.1, 0.15) is 17.8 Å². The second-order valence-corrected chi connectivity index (χ2v) is 3.95. The van der Waals surface area contributed by atoms with E-state index in [0.29, 0.717) is 5.82 Å². The molecule has 0 saturated heterocycles. The Bertz CT molecular complexity index is 685. The lowest BCUT2D eigenvalue weighted by Gasteiger charge is -2.02. The Labute approximate surface area is 98.5 Å². The Morgan fingerprint density at radius 2 is 1.76 bits per heavy atom. The summed E-state index contributed by atoms with van der Waals surface area (Å²) in [6.07, 6.45) is 1.51. The Balaban J connectivity index is 2.21. The normalized spacial score (nSPS) is 10.8. The van der Waals surface area contributed by atoms with Gasteiger partial charge in [-0.05, 0) is 16.8 Å². The molecule has 0 aliphatic carbocycles. The van der Waals surface area contributed by atoms with Crippen molar-refractivity contribution < 1.29 is 0 Å². The van der Waals surface area contributed by atoms with E-state index in [1.165, 1.54) is 16.4 Å². The molecule has 0 atom stereocenters. The predicted octanol–water partition coefficient (Wildman–Crippen LogP) is 2.00. The minimum atomic E-state index is 0.472. The van der Waals surface area contributed by atoms with Crippen molar-refractivity contribution in [2.75, 3.05) is 11.6 Å². The third-order valence-electron chi connectivity index (χ3n) is 2.85. The third kappa shape index (κ3) is 1.50. The van der Waals surface area contributed by atoms with Gasteiger partial charge in [-0.15, -0.1) is 0 Å². The standard InChI is InChI=1S/C13H12N4/c14-13-12(16-8-17(13)15)11-6-5-9-3-1-2-4-10(9)7-11/h1-8H,14-15H2. The summed E-state index contributed by atoms with van der Waals surface area (Å²) in [5.74, 6) is 6.09. The van der Waals surface area contributed by atoms with Crippen LogP contribution >= 0.6 is 0 Å². The lowest BCUT2D eigenvalue weighted by molar-refractivity contribution is 1.01. The quantitative estimate of drug-likeness (QED) is 0.621. The van der Waals surface area contributed by atoms with Crippen molar-refractivity contribution in [3.05, 3.63) is 48.8 Å². The van der Waals surface area contributed by atoms with Crippen LogP contribution in [-0.2, 0) is 0 Å². The van der Waals surface area contributed by atoms with Crippen molar-refractivity contribution in [3.8, 4) is 11.3 Å². The highest BCUT2D eigenvalue weighted by Gasteiger charge is 2.08. The van der Waals surface area contributed by atoms with Crippen LogP contribution in [0.25, 0.3) is 22.0 Å². The van der Waals surface area contributed by atoms with Gasteiger partial charge in [0.2, 0.25) is 0 Å². The zero-order valence-electron chi connectivity index (χ0n) is 9.17. The van der Waals surface area contributed by atoms with Crippen LogP contribution in [-0.4, -0.2) is 9.66 Å². The van der Waals surface area contributed by atoms with Gasteiger partial charge in [0.05, 0.1) is 0 Å². The monoisotopic (exact) mass is 224 g/mol. The van der Waals surface area contributed by atoms with Gasteiger partial charge < -0.3 is 11.6 Å². The molecule has 0 aliphatic rings. The molecule has 3 rings (SSSR count). The number of benzene rings is 2. The minimum Gasteiger partial charge on any atom is -0.382 e. The smallest absolute Gasteiger partial charge is 0.150 e. The van der Waals surface area contributed by atoms with Gasteiger partial charge >= 0.3 is 0 Å². The lowest BCUT2D eigenvalue weighted by atomic mass is 10.1. The SMILES string of the molecule is Nc1c(-c2ccc3ccccc3c2)ncn1N. The summed E-state index contributed by atoms with van der Waals surface area (Å²) in [5, 5.41) is 2.36. The van der Waals surface area contributed by atoms with Crippen LogP contribution in [0.2, 0.25) is 0 Å². The van der Waals surface area contributed by atoms with Crippen molar-refractivity contribution in [1.82, 2.24) is 9.66 Å². The van der Waals surface area contributed by atoms with E-state index in [1.54, 1.807) is 0 Å². The van der Waals surface area contributed by atoms with Gasteiger partial charge in [0.15, 0.2) is 0 Å². The number of imidazole rings is 1.